The molecule has 0 saturated heterocycles. The molecule has 0 spiro atoms. The Morgan fingerprint density at radius 2 is 1.83 bits per heavy atom. The van der Waals surface area contributed by atoms with E-state index in [9.17, 15) is 0 Å². The second kappa shape index (κ2) is 2.94. The fourth-order valence-electron chi connectivity index (χ4n) is 1.30. The van der Waals surface area contributed by atoms with Crippen LogP contribution in [0, 0.1) is 0 Å². The number of hydrogen-bond donors (Lipinski definition) is 0. The van der Waals surface area contributed by atoms with Crippen molar-refractivity contribution in [3.63, 3.8) is 0 Å². The summed E-state index contributed by atoms with van der Waals surface area (Å²) in [5.41, 5.74) is 0.819. The molecule has 0 unspecified atom stereocenters. The van der Waals surface area contributed by atoms with Gasteiger partial charge in [0.15, 0.2) is 0 Å². The average Bonchev–Trinajstić information content (AvgIpc) is 2.04. The summed E-state index contributed by atoms with van der Waals surface area (Å²) in [6.45, 7) is 0. The number of halogens is 1. The van der Waals surface area contributed by atoms with Gasteiger partial charge in [-0.15, -0.1) is 0 Å². The number of rotatable bonds is 0. The Morgan fingerprint density at radius 1 is 1.08 bits per heavy atom. The molecule has 0 fully saturated rings. The zero-order valence-corrected chi connectivity index (χ0v) is 8.01. The Hall–Kier alpha value is -0.755. The summed E-state index contributed by atoms with van der Waals surface area (Å²) in [7, 11) is 5.83. The molecule has 56 valence electrons. The molecule has 0 atom stereocenters. The fraction of sp³-hybridized carbons (Fsp3) is 0. The predicted octanol–water partition coefficient (Wildman–Crippen LogP) is 2.40. The van der Waals surface area contributed by atoms with E-state index in [0.29, 0.717) is 0 Å². The van der Waals surface area contributed by atoms with Crippen LogP contribution in [-0.2, 0) is 0 Å². The zero-order chi connectivity index (χ0) is 8.55. The Morgan fingerprint density at radius 3 is 2.67 bits per heavy atom. The highest BCUT2D eigenvalue weighted by Gasteiger charge is 1.96. The summed E-state index contributed by atoms with van der Waals surface area (Å²) >= 11 is 3.40. The molecule has 0 N–H and O–H groups in total. The van der Waals surface area contributed by atoms with Gasteiger partial charge < -0.3 is 0 Å². The van der Waals surface area contributed by atoms with Crippen molar-refractivity contribution >= 4 is 40.0 Å². The molecule has 0 heterocycles. The van der Waals surface area contributed by atoms with Gasteiger partial charge >= 0.3 is 0 Å². The minimum Gasteiger partial charge on any atom is -0.0879 e. The third-order valence-corrected chi connectivity index (χ3v) is 2.32. The Balaban J connectivity index is 2.89. The van der Waals surface area contributed by atoms with Gasteiger partial charge in [0, 0.05) is 4.47 Å². The molecular formula is C10H6BBr. The Labute approximate surface area is 81.1 Å². The Kier molecular flexibility index (Phi) is 1.93. The van der Waals surface area contributed by atoms with Crippen LogP contribution in [0.25, 0.3) is 10.8 Å². The lowest BCUT2D eigenvalue weighted by molar-refractivity contribution is 1.74. The van der Waals surface area contributed by atoms with Gasteiger partial charge in [-0.25, -0.2) is 0 Å². The molecule has 0 amide bonds. The number of fused-ring (bicyclic) bond motifs is 1. The summed E-state index contributed by atoms with van der Waals surface area (Å²) in [5, 5.41) is 2.28. The van der Waals surface area contributed by atoms with Crippen LogP contribution in [0.5, 0.6) is 0 Å². The zero-order valence-electron chi connectivity index (χ0n) is 6.42. The highest BCUT2D eigenvalue weighted by atomic mass is 79.9. The topological polar surface area (TPSA) is 0 Å². The molecule has 2 heteroatoms. The summed E-state index contributed by atoms with van der Waals surface area (Å²) in [4.78, 5) is 0. The monoisotopic (exact) mass is 216 g/mol. The summed E-state index contributed by atoms with van der Waals surface area (Å²) in [6.07, 6.45) is 0. The first-order valence-electron chi connectivity index (χ1n) is 3.71. The van der Waals surface area contributed by atoms with Crippen LogP contribution in [0.4, 0.5) is 0 Å². The highest BCUT2D eigenvalue weighted by Crippen LogP contribution is 2.16. The lowest BCUT2D eigenvalue weighted by atomic mass is 9.90. The second-order valence-electron chi connectivity index (χ2n) is 2.72. The quantitative estimate of drug-likeness (QED) is 0.594. The van der Waals surface area contributed by atoms with Crippen LogP contribution in [0.15, 0.2) is 40.9 Å². The van der Waals surface area contributed by atoms with E-state index in [1.165, 1.54) is 5.39 Å². The molecule has 2 aromatic carbocycles. The van der Waals surface area contributed by atoms with Crippen molar-refractivity contribution in [2.75, 3.05) is 0 Å². The van der Waals surface area contributed by atoms with Gasteiger partial charge in [-0.2, -0.15) is 0 Å². The van der Waals surface area contributed by atoms with Crippen molar-refractivity contribution < 1.29 is 0 Å². The van der Waals surface area contributed by atoms with Gasteiger partial charge in [0.2, 0.25) is 0 Å². The molecule has 2 rings (SSSR count). The molecular weight excluding hydrogens is 211 g/mol. The number of benzene rings is 2. The van der Waals surface area contributed by atoms with E-state index in [-0.39, 0.29) is 0 Å². The first kappa shape index (κ1) is 7.87. The lowest BCUT2D eigenvalue weighted by Gasteiger charge is -2.02. The van der Waals surface area contributed by atoms with Gasteiger partial charge in [-0.05, 0) is 16.8 Å². The van der Waals surface area contributed by atoms with E-state index in [1.807, 2.05) is 24.3 Å². The van der Waals surface area contributed by atoms with Gasteiger partial charge in [-0.3, -0.25) is 0 Å². The van der Waals surface area contributed by atoms with Crippen molar-refractivity contribution in [1.29, 1.82) is 0 Å². The lowest BCUT2D eigenvalue weighted by Crippen LogP contribution is -2.02. The van der Waals surface area contributed by atoms with E-state index in [0.717, 1.165) is 15.3 Å². The molecule has 0 aliphatic heterocycles. The van der Waals surface area contributed by atoms with Crippen LogP contribution < -0.4 is 5.46 Å². The summed E-state index contributed by atoms with van der Waals surface area (Å²) in [5.74, 6) is 0. The van der Waals surface area contributed by atoms with Crippen molar-refractivity contribution in [2.24, 2.45) is 0 Å². The molecule has 0 aliphatic carbocycles. The molecule has 2 aromatic rings. The van der Waals surface area contributed by atoms with E-state index >= 15 is 0 Å². The normalized spacial score (nSPS) is 10.4. The maximum Gasteiger partial charge on any atom is 0.114 e. The van der Waals surface area contributed by atoms with E-state index in [4.69, 9.17) is 7.85 Å². The summed E-state index contributed by atoms with van der Waals surface area (Å²) < 4.78 is 1.03. The van der Waals surface area contributed by atoms with Crippen LogP contribution >= 0.6 is 15.9 Å². The van der Waals surface area contributed by atoms with Crippen molar-refractivity contribution in [3.8, 4) is 0 Å². The van der Waals surface area contributed by atoms with Crippen LogP contribution in [0.1, 0.15) is 0 Å². The first-order chi connectivity index (χ1) is 5.77. The Bertz CT molecular complexity index is 423. The fourth-order valence-corrected chi connectivity index (χ4v) is 1.80. The smallest absolute Gasteiger partial charge is 0.0879 e. The predicted molar refractivity (Wildman–Crippen MR) is 57.0 cm³/mol. The average molecular weight is 217 g/mol. The molecule has 0 saturated carbocycles. The van der Waals surface area contributed by atoms with Crippen molar-refractivity contribution in [2.45, 2.75) is 0 Å². The largest absolute Gasteiger partial charge is 0.114 e. The first-order valence-corrected chi connectivity index (χ1v) is 4.50. The van der Waals surface area contributed by atoms with Crippen LogP contribution in [0.3, 0.4) is 0 Å². The van der Waals surface area contributed by atoms with Crippen LogP contribution in [0.2, 0.25) is 0 Å². The van der Waals surface area contributed by atoms with Crippen LogP contribution in [-0.4, -0.2) is 7.85 Å². The van der Waals surface area contributed by atoms with E-state index in [2.05, 4.69) is 28.1 Å². The molecule has 0 aliphatic rings. The molecule has 2 radical (unpaired) electrons. The third-order valence-electron chi connectivity index (χ3n) is 1.86. The highest BCUT2D eigenvalue weighted by molar-refractivity contribution is 9.10. The minimum atomic E-state index is 0.819. The van der Waals surface area contributed by atoms with E-state index in [1.54, 1.807) is 0 Å². The maximum absolute atomic E-state index is 5.83. The SMILES string of the molecule is [B]c1cc(Br)cc2ccccc12. The molecule has 0 nitrogen and oxygen atoms in total. The summed E-state index contributed by atoms with van der Waals surface area (Å²) in [6, 6.07) is 12.1. The molecule has 0 bridgehead atoms. The van der Waals surface area contributed by atoms with Gasteiger partial charge in [-0.1, -0.05) is 51.7 Å². The van der Waals surface area contributed by atoms with Crippen molar-refractivity contribution in [3.05, 3.63) is 40.9 Å². The van der Waals surface area contributed by atoms with Crippen molar-refractivity contribution in [1.82, 2.24) is 0 Å². The molecule has 12 heavy (non-hydrogen) atoms. The third kappa shape index (κ3) is 1.27. The minimum absolute atomic E-state index is 0.819. The second-order valence-corrected chi connectivity index (χ2v) is 3.63. The number of hydrogen-bond acceptors (Lipinski definition) is 0. The maximum atomic E-state index is 5.83. The van der Waals surface area contributed by atoms with E-state index < -0.39 is 0 Å². The van der Waals surface area contributed by atoms with Gasteiger partial charge in [0.25, 0.3) is 0 Å². The molecule has 0 aromatic heterocycles. The standard InChI is InChI=1S/C10H6BBr/c11-10-6-8(12)5-7-3-1-2-4-9(7)10/h1-6H. The van der Waals surface area contributed by atoms with Gasteiger partial charge in [0.1, 0.15) is 7.85 Å². The van der Waals surface area contributed by atoms with Gasteiger partial charge in [0.05, 0.1) is 0 Å².